The summed E-state index contributed by atoms with van der Waals surface area (Å²) in [5, 5.41) is 2.71. The van der Waals surface area contributed by atoms with Gasteiger partial charge in [0, 0.05) is 23.8 Å². The van der Waals surface area contributed by atoms with Crippen molar-refractivity contribution in [3.05, 3.63) is 40.5 Å². The Kier molecular flexibility index (Phi) is 3.71. The Balaban J connectivity index is 2.33. The van der Waals surface area contributed by atoms with E-state index in [-0.39, 0.29) is 11.6 Å². The average Bonchev–Trinajstić information content (AvgIpc) is 2.35. The van der Waals surface area contributed by atoms with Gasteiger partial charge in [-0.15, -0.1) is 0 Å². The Morgan fingerprint density at radius 2 is 2.11 bits per heavy atom. The Hall–Kier alpha value is -1.76. The van der Waals surface area contributed by atoms with Gasteiger partial charge in [0.15, 0.2) is 11.6 Å². The van der Waals surface area contributed by atoms with Gasteiger partial charge in [-0.3, -0.25) is 0 Å². The summed E-state index contributed by atoms with van der Waals surface area (Å²) in [6.07, 6.45) is 1.44. The predicted molar refractivity (Wildman–Crippen MR) is 65.7 cm³/mol. The lowest BCUT2D eigenvalue weighted by atomic mass is 10.3. The summed E-state index contributed by atoms with van der Waals surface area (Å²) in [5.41, 5.74) is 0. The summed E-state index contributed by atoms with van der Waals surface area (Å²) >= 11 is 3.06. The Morgan fingerprint density at radius 1 is 1.33 bits per heavy atom. The molecule has 0 aliphatic carbocycles. The molecule has 1 heterocycles. The minimum Gasteiger partial charge on any atom is -0.436 e. The number of nitrogens with one attached hydrogen (secondary N) is 1. The smallest absolute Gasteiger partial charge is 0.225 e. The molecule has 0 atom stereocenters. The van der Waals surface area contributed by atoms with Gasteiger partial charge in [0.05, 0.1) is 0 Å². The molecule has 7 heteroatoms. The third-order valence-corrected chi connectivity index (χ3v) is 2.49. The minimum absolute atomic E-state index is 0.116. The standard InChI is InChI=1S/C11H8BrF2N3O/c1-15-11-16-3-2-9(17-11)18-8-5-6(12)4-7(13)10(8)14/h2-5H,1H3,(H,15,16,17). The van der Waals surface area contributed by atoms with Gasteiger partial charge in [0.2, 0.25) is 17.6 Å². The molecule has 0 radical (unpaired) electrons. The molecule has 2 rings (SSSR count). The van der Waals surface area contributed by atoms with Crippen LogP contribution in [0.3, 0.4) is 0 Å². The molecule has 2 aromatic rings. The van der Waals surface area contributed by atoms with E-state index in [0.29, 0.717) is 10.4 Å². The fourth-order valence-corrected chi connectivity index (χ4v) is 1.65. The highest BCUT2D eigenvalue weighted by Crippen LogP contribution is 2.28. The van der Waals surface area contributed by atoms with Crippen molar-refractivity contribution in [3.8, 4) is 11.6 Å². The minimum atomic E-state index is -1.07. The maximum atomic E-state index is 13.5. The molecule has 0 saturated carbocycles. The number of anilines is 1. The lowest BCUT2D eigenvalue weighted by Crippen LogP contribution is -1.98. The van der Waals surface area contributed by atoms with Crippen LogP contribution in [0, 0.1) is 11.6 Å². The van der Waals surface area contributed by atoms with Crippen molar-refractivity contribution in [3.63, 3.8) is 0 Å². The average molecular weight is 316 g/mol. The van der Waals surface area contributed by atoms with Gasteiger partial charge in [-0.1, -0.05) is 15.9 Å². The summed E-state index contributed by atoms with van der Waals surface area (Å²) in [5.74, 6) is -1.87. The first-order valence-corrected chi connectivity index (χ1v) is 5.72. The van der Waals surface area contributed by atoms with Crippen molar-refractivity contribution in [2.75, 3.05) is 12.4 Å². The molecular weight excluding hydrogens is 308 g/mol. The monoisotopic (exact) mass is 315 g/mol. The van der Waals surface area contributed by atoms with E-state index in [2.05, 4.69) is 31.2 Å². The van der Waals surface area contributed by atoms with E-state index in [9.17, 15) is 8.78 Å². The molecule has 0 bridgehead atoms. The first-order valence-electron chi connectivity index (χ1n) is 4.93. The van der Waals surface area contributed by atoms with Gasteiger partial charge in [-0.25, -0.2) is 9.37 Å². The zero-order chi connectivity index (χ0) is 13.1. The van der Waals surface area contributed by atoms with Crippen molar-refractivity contribution >= 4 is 21.9 Å². The van der Waals surface area contributed by atoms with Gasteiger partial charge in [0.1, 0.15) is 0 Å². The van der Waals surface area contributed by atoms with Crippen molar-refractivity contribution < 1.29 is 13.5 Å². The van der Waals surface area contributed by atoms with Gasteiger partial charge in [0.25, 0.3) is 0 Å². The van der Waals surface area contributed by atoms with E-state index in [1.807, 2.05) is 0 Å². The maximum absolute atomic E-state index is 13.5. The molecule has 1 aromatic heterocycles. The highest BCUT2D eigenvalue weighted by Gasteiger charge is 2.13. The number of halogens is 3. The molecule has 18 heavy (non-hydrogen) atoms. The molecule has 0 aliphatic heterocycles. The van der Waals surface area contributed by atoms with Crippen LogP contribution in [-0.4, -0.2) is 17.0 Å². The first kappa shape index (κ1) is 12.7. The molecular formula is C11H8BrF2N3O. The topological polar surface area (TPSA) is 47.0 Å². The summed E-state index contributed by atoms with van der Waals surface area (Å²) in [6.45, 7) is 0. The van der Waals surface area contributed by atoms with E-state index in [1.54, 1.807) is 7.05 Å². The summed E-state index contributed by atoms with van der Waals surface area (Å²) in [4.78, 5) is 7.82. The number of nitrogens with zero attached hydrogens (tertiary/aromatic N) is 2. The first-order chi connectivity index (χ1) is 8.60. The second-order valence-electron chi connectivity index (χ2n) is 3.27. The Bertz CT molecular complexity index is 580. The number of aromatic nitrogens is 2. The summed E-state index contributed by atoms with van der Waals surface area (Å²) in [7, 11) is 1.64. The second kappa shape index (κ2) is 5.26. The zero-order valence-electron chi connectivity index (χ0n) is 9.25. The van der Waals surface area contributed by atoms with Crippen molar-refractivity contribution in [1.82, 2.24) is 9.97 Å². The van der Waals surface area contributed by atoms with E-state index < -0.39 is 11.6 Å². The Labute approximate surface area is 110 Å². The van der Waals surface area contributed by atoms with Gasteiger partial charge >= 0.3 is 0 Å². The Morgan fingerprint density at radius 3 is 2.83 bits per heavy atom. The van der Waals surface area contributed by atoms with Crippen LogP contribution in [0.15, 0.2) is 28.9 Å². The van der Waals surface area contributed by atoms with Crippen molar-refractivity contribution in [1.29, 1.82) is 0 Å². The van der Waals surface area contributed by atoms with Crippen LogP contribution in [0.5, 0.6) is 11.6 Å². The maximum Gasteiger partial charge on any atom is 0.225 e. The predicted octanol–water partition coefficient (Wildman–Crippen LogP) is 3.35. The highest BCUT2D eigenvalue weighted by molar-refractivity contribution is 9.10. The molecule has 1 N–H and O–H groups in total. The summed E-state index contributed by atoms with van der Waals surface area (Å²) < 4.78 is 32.2. The van der Waals surface area contributed by atoms with Gasteiger partial charge in [-0.2, -0.15) is 9.37 Å². The van der Waals surface area contributed by atoms with Crippen LogP contribution in [-0.2, 0) is 0 Å². The fraction of sp³-hybridized carbons (Fsp3) is 0.0909. The third kappa shape index (κ3) is 2.73. The van der Waals surface area contributed by atoms with Crippen LogP contribution in [0.25, 0.3) is 0 Å². The molecule has 1 aromatic carbocycles. The fourth-order valence-electron chi connectivity index (χ4n) is 1.24. The lowest BCUT2D eigenvalue weighted by Gasteiger charge is -2.07. The number of hydrogen-bond acceptors (Lipinski definition) is 4. The summed E-state index contributed by atoms with van der Waals surface area (Å²) in [6, 6.07) is 3.78. The molecule has 94 valence electrons. The van der Waals surface area contributed by atoms with Gasteiger partial charge < -0.3 is 10.1 Å². The number of rotatable bonds is 3. The normalized spacial score (nSPS) is 10.2. The van der Waals surface area contributed by atoms with Crippen molar-refractivity contribution in [2.45, 2.75) is 0 Å². The molecule has 0 unspecified atom stereocenters. The van der Waals surface area contributed by atoms with Crippen LogP contribution < -0.4 is 10.1 Å². The van der Waals surface area contributed by atoms with E-state index in [1.165, 1.54) is 18.3 Å². The van der Waals surface area contributed by atoms with Crippen LogP contribution in [0.2, 0.25) is 0 Å². The molecule has 0 spiro atoms. The number of benzene rings is 1. The van der Waals surface area contributed by atoms with E-state index in [0.717, 1.165) is 6.07 Å². The molecule has 0 amide bonds. The number of hydrogen-bond donors (Lipinski definition) is 1. The zero-order valence-corrected chi connectivity index (χ0v) is 10.8. The second-order valence-corrected chi connectivity index (χ2v) is 4.19. The molecule has 0 fully saturated rings. The van der Waals surface area contributed by atoms with Crippen LogP contribution in [0.1, 0.15) is 0 Å². The van der Waals surface area contributed by atoms with E-state index >= 15 is 0 Å². The third-order valence-electron chi connectivity index (χ3n) is 2.03. The number of ether oxygens (including phenoxy) is 1. The molecule has 0 saturated heterocycles. The molecule has 4 nitrogen and oxygen atoms in total. The molecule has 0 aliphatic rings. The van der Waals surface area contributed by atoms with Crippen LogP contribution in [0.4, 0.5) is 14.7 Å². The quantitative estimate of drug-likeness (QED) is 0.882. The van der Waals surface area contributed by atoms with E-state index in [4.69, 9.17) is 4.74 Å². The lowest BCUT2D eigenvalue weighted by molar-refractivity contribution is 0.404. The van der Waals surface area contributed by atoms with Crippen molar-refractivity contribution in [2.24, 2.45) is 0 Å². The van der Waals surface area contributed by atoms with Crippen LogP contribution >= 0.6 is 15.9 Å². The largest absolute Gasteiger partial charge is 0.436 e. The SMILES string of the molecule is CNc1nccc(Oc2cc(Br)cc(F)c2F)n1. The van der Waals surface area contributed by atoms with Gasteiger partial charge in [-0.05, 0) is 12.1 Å². The highest BCUT2D eigenvalue weighted by atomic mass is 79.9.